The van der Waals surface area contributed by atoms with E-state index in [0.717, 1.165) is 30.9 Å². The van der Waals surface area contributed by atoms with Gasteiger partial charge in [0.15, 0.2) is 0 Å². The summed E-state index contributed by atoms with van der Waals surface area (Å²) in [5.74, 6) is -0.196. The van der Waals surface area contributed by atoms with Crippen molar-refractivity contribution in [3.05, 3.63) is 29.6 Å². The van der Waals surface area contributed by atoms with Crippen molar-refractivity contribution in [1.82, 2.24) is 0 Å². The maximum Gasteiger partial charge on any atom is 0.123 e. The van der Waals surface area contributed by atoms with Gasteiger partial charge in [-0.25, -0.2) is 4.39 Å². The summed E-state index contributed by atoms with van der Waals surface area (Å²) >= 11 is 0. The van der Waals surface area contributed by atoms with E-state index in [1.54, 1.807) is 6.07 Å². The van der Waals surface area contributed by atoms with Gasteiger partial charge in [0.05, 0.1) is 12.7 Å². The fourth-order valence-electron chi connectivity index (χ4n) is 2.26. The third kappa shape index (κ3) is 2.96. The molecule has 0 amide bonds. The molecule has 1 fully saturated rings. The van der Waals surface area contributed by atoms with Crippen LogP contribution < -0.4 is 10.6 Å². The van der Waals surface area contributed by atoms with Gasteiger partial charge in [0, 0.05) is 18.8 Å². The van der Waals surface area contributed by atoms with E-state index in [2.05, 4.69) is 11.8 Å². The molecule has 1 heterocycles. The molecule has 1 aromatic carbocycles. The lowest BCUT2D eigenvalue weighted by molar-refractivity contribution is 0.0532. The number of morpholine rings is 1. The van der Waals surface area contributed by atoms with Gasteiger partial charge in [0.2, 0.25) is 0 Å². The third-order valence-corrected chi connectivity index (χ3v) is 3.04. The van der Waals surface area contributed by atoms with E-state index in [1.165, 1.54) is 6.07 Å². The molecule has 0 bridgehead atoms. The molecule has 0 spiro atoms. The second kappa shape index (κ2) is 5.47. The molecule has 3 nitrogen and oxygen atoms in total. The number of halogens is 1. The summed E-state index contributed by atoms with van der Waals surface area (Å²) in [6.07, 6.45) is 0.929. The SMILES string of the molecule is CC1CN(c2ccc(F)cc2CCN)CCO1. The van der Waals surface area contributed by atoms with Crippen LogP contribution in [0.4, 0.5) is 10.1 Å². The molecule has 1 unspecified atom stereocenters. The predicted molar refractivity (Wildman–Crippen MR) is 66.8 cm³/mol. The van der Waals surface area contributed by atoms with Crippen molar-refractivity contribution >= 4 is 5.69 Å². The molecule has 1 aromatic rings. The number of nitrogens with zero attached hydrogens (tertiary/aromatic N) is 1. The summed E-state index contributed by atoms with van der Waals surface area (Å²) in [5, 5.41) is 0. The predicted octanol–water partition coefficient (Wildman–Crippen LogP) is 1.55. The van der Waals surface area contributed by atoms with Gasteiger partial charge in [-0.1, -0.05) is 0 Å². The highest BCUT2D eigenvalue weighted by molar-refractivity contribution is 5.54. The third-order valence-electron chi connectivity index (χ3n) is 3.04. The maximum atomic E-state index is 13.2. The van der Waals surface area contributed by atoms with E-state index in [1.807, 2.05) is 6.07 Å². The van der Waals surface area contributed by atoms with E-state index in [0.29, 0.717) is 13.0 Å². The first-order valence-corrected chi connectivity index (χ1v) is 6.05. The van der Waals surface area contributed by atoms with Crippen LogP contribution in [-0.2, 0) is 11.2 Å². The number of benzene rings is 1. The number of anilines is 1. The number of hydrogen-bond acceptors (Lipinski definition) is 3. The molecule has 1 saturated heterocycles. The van der Waals surface area contributed by atoms with Crippen LogP contribution in [0.25, 0.3) is 0 Å². The van der Waals surface area contributed by atoms with Crippen molar-refractivity contribution in [1.29, 1.82) is 0 Å². The van der Waals surface area contributed by atoms with Gasteiger partial charge in [-0.3, -0.25) is 0 Å². The summed E-state index contributed by atoms with van der Waals surface area (Å²) in [7, 11) is 0. The van der Waals surface area contributed by atoms with E-state index < -0.39 is 0 Å². The Labute approximate surface area is 101 Å². The Kier molecular flexibility index (Phi) is 3.97. The van der Waals surface area contributed by atoms with Crippen LogP contribution in [0.3, 0.4) is 0 Å². The van der Waals surface area contributed by atoms with Crippen molar-refractivity contribution in [2.24, 2.45) is 5.73 Å². The van der Waals surface area contributed by atoms with Gasteiger partial charge in [-0.05, 0) is 43.7 Å². The lowest BCUT2D eigenvalue weighted by atomic mass is 10.1. The van der Waals surface area contributed by atoms with Crippen molar-refractivity contribution < 1.29 is 9.13 Å². The molecule has 2 N–H and O–H groups in total. The summed E-state index contributed by atoms with van der Waals surface area (Å²) < 4.78 is 18.7. The van der Waals surface area contributed by atoms with Crippen LogP contribution in [-0.4, -0.2) is 32.3 Å². The first kappa shape index (κ1) is 12.3. The van der Waals surface area contributed by atoms with E-state index >= 15 is 0 Å². The molecule has 0 aliphatic carbocycles. The lowest BCUT2D eigenvalue weighted by Gasteiger charge is -2.34. The quantitative estimate of drug-likeness (QED) is 0.868. The average Bonchev–Trinajstić information content (AvgIpc) is 2.29. The zero-order chi connectivity index (χ0) is 12.3. The molecule has 0 saturated carbocycles. The maximum absolute atomic E-state index is 13.2. The van der Waals surface area contributed by atoms with Crippen molar-refractivity contribution in [3.63, 3.8) is 0 Å². The monoisotopic (exact) mass is 238 g/mol. The minimum atomic E-state index is -0.196. The molecular weight excluding hydrogens is 219 g/mol. The minimum Gasteiger partial charge on any atom is -0.375 e. The van der Waals surface area contributed by atoms with Gasteiger partial charge in [0.25, 0.3) is 0 Å². The Morgan fingerprint density at radius 2 is 2.35 bits per heavy atom. The van der Waals surface area contributed by atoms with Crippen molar-refractivity contribution in [2.75, 3.05) is 31.1 Å². The Balaban J connectivity index is 2.23. The smallest absolute Gasteiger partial charge is 0.123 e. The van der Waals surface area contributed by atoms with Gasteiger partial charge >= 0.3 is 0 Å². The molecule has 1 aliphatic heterocycles. The summed E-state index contributed by atoms with van der Waals surface area (Å²) in [4.78, 5) is 2.25. The Hall–Kier alpha value is -1.13. The average molecular weight is 238 g/mol. The van der Waals surface area contributed by atoms with Crippen LogP contribution in [0.2, 0.25) is 0 Å². The normalized spacial score (nSPS) is 20.6. The largest absolute Gasteiger partial charge is 0.375 e. The first-order valence-electron chi connectivity index (χ1n) is 6.05. The summed E-state index contributed by atoms with van der Waals surface area (Å²) in [6.45, 7) is 5.02. The number of hydrogen-bond donors (Lipinski definition) is 1. The highest BCUT2D eigenvalue weighted by atomic mass is 19.1. The number of nitrogens with two attached hydrogens (primary N) is 1. The standard InChI is InChI=1S/C13H19FN2O/c1-10-9-16(6-7-17-10)13-3-2-12(14)8-11(13)4-5-15/h2-3,8,10H,4-7,9,15H2,1H3. The highest BCUT2D eigenvalue weighted by Gasteiger charge is 2.19. The molecular formula is C13H19FN2O. The second-order valence-corrected chi connectivity index (χ2v) is 4.44. The van der Waals surface area contributed by atoms with Gasteiger partial charge in [0.1, 0.15) is 5.82 Å². The van der Waals surface area contributed by atoms with Crippen LogP contribution in [0.1, 0.15) is 12.5 Å². The van der Waals surface area contributed by atoms with Crippen LogP contribution in [0.15, 0.2) is 18.2 Å². The van der Waals surface area contributed by atoms with Gasteiger partial charge in [-0.15, -0.1) is 0 Å². The van der Waals surface area contributed by atoms with Crippen LogP contribution >= 0.6 is 0 Å². The van der Waals surface area contributed by atoms with E-state index in [9.17, 15) is 4.39 Å². The first-order chi connectivity index (χ1) is 8.20. The molecule has 0 radical (unpaired) electrons. The molecule has 4 heteroatoms. The molecule has 94 valence electrons. The van der Waals surface area contributed by atoms with Gasteiger partial charge < -0.3 is 15.4 Å². The minimum absolute atomic E-state index is 0.196. The highest BCUT2D eigenvalue weighted by Crippen LogP contribution is 2.24. The fraction of sp³-hybridized carbons (Fsp3) is 0.538. The molecule has 1 atom stereocenters. The summed E-state index contributed by atoms with van der Waals surface area (Å²) in [5.41, 5.74) is 7.65. The number of rotatable bonds is 3. The van der Waals surface area contributed by atoms with Crippen LogP contribution in [0.5, 0.6) is 0 Å². The Bertz CT molecular complexity index is 384. The zero-order valence-electron chi connectivity index (χ0n) is 10.2. The fourth-order valence-corrected chi connectivity index (χ4v) is 2.26. The molecule has 1 aliphatic rings. The van der Waals surface area contributed by atoms with Crippen molar-refractivity contribution in [2.45, 2.75) is 19.4 Å². The molecule has 0 aromatic heterocycles. The van der Waals surface area contributed by atoms with Crippen LogP contribution in [0, 0.1) is 5.82 Å². The Morgan fingerprint density at radius 3 is 3.06 bits per heavy atom. The second-order valence-electron chi connectivity index (χ2n) is 4.44. The Morgan fingerprint density at radius 1 is 1.53 bits per heavy atom. The topological polar surface area (TPSA) is 38.5 Å². The number of ether oxygens (including phenoxy) is 1. The zero-order valence-corrected chi connectivity index (χ0v) is 10.2. The van der Waals surface area contributed by atoms with E-state index in [4.69, 9.17) is 10.5 Å². The van der Waals surface area contributed by atoms with Crippen molar-refractivity contribution in [3.8, 4) is 0 Å². The van der Waals surface area contributed by atoms with E-state index in [-0.39, 0.29) is 11.9 Å². The summed E-state index contributed by atoms with van der Waals surface area (Å²) in [6, 6.07) is 4.94. The lowest BCUT2D eigenvalue weighted by Crippen LogP contribution is -2.41. The molecule has 2 rings (SSSR count). The molecule has 17 heavy (non-hydrogen) atoms. The van der Waals surface area contributed by atoms with Gasteiger partial charge in [-0.2, -0.15) is 0 Å².